The zero-order chi connectivity index (χ0) is 8.39. The van der Waals surface area contributed by atoms with E-state index in [4.69, 9.17) is 0 Å². The maximum absolute atomic E-state index is 4.16. The van der Waals surface area contributed by atoms with Gasteiger partial charge in [-0.15, -0.1) is 11.3 Å². The fourth-order valence-electron chi connectivity index (χ4n) is 0.887. The first kappa shape index (κ1) is 7.30. The lowest BCUT2D eigenvalue weighted by atomic mass is 10.6. The molecule has 2 aromatic rings. The Morgan fingerprint density at radius 3 is 3.00 bits per heavy atom. The Bertz CT molecular complexity index is 351. The molecule has 1 N–H and O–H groups in total. The van der Waals surface area contributed by atoms with Gasteiger partial charge in [-0.05, 0) is 0 Å². The summed E-state index contributed by atoms with van der Waals surface area (Å²) in [4.78, 5) is 4.08. The van der Waals surface area contributed by atoms with Gasteiger partial charge >= 0.3 is 0 Å². The molecule has 2 aromatic heterocycles. The topological polar surface area (TPSA) is 42.7 Å². The second-order valence-electron chi connectivity index (χ2n) is 2.37. The maximum atomic E-state index is 4.16. The Morgan fingerprint density at radius 2 is 2.42 bits per heavy atom. The standard InChI is InChI=1S/C7H8N4S/c1-11-3-2-6(10-11)9-7-4-12-5-8-7/h2-5H,1H3,(H,9,10). The van der Waals surface area contributed by atoms with Crippen molar-refractivity contribution in [2.24, 2.45) is 7.05 Å². The molecule has 0 unspecified atom stereocenters. The smallest absolute Gasteiger partial charge is 0.153 e. The van der Waals surface area contributed by atoms with E-state index in [9.17, 15) is 0 Å². The minimum atomic E-state index is 0.823. The Balaban J connectivity index is 2.14. The Kier molecular flexibility index (Phi) is 1.79. The van der Waals surface area contributed by atoms with Crippen molar-refractivity contribution in [2.45, 2.75) is 0 Å². The molecular weight excluding hydrogens is 172 g/mol. The van der Waals surface area contributed by atoms with E-state index in [-0.39, 0.29) is 0 Å². The molecule has 4 nitrogen and oxygen atoms in total. The highest BCUT2D eigenvalue weighted by Gasteiger charge is 1.97. The molecule has 0 bridgehead atoms. The van der Waals surface area contributed by atoms with Crippen molar-refractivity contribution in [2.75, 3.05) is 5.32 Å². The first-order valence-electron chi connectivity index (χ1n) is 3.49. The van der Waals surface area contributed by atoms with Gasteiger partial charge in [0.2, 0.25) is 0 Å². The van der Waals surface area contributed by atoms with Crippen LogP contribution in [0.4, 0.5) is 11.6 Å². The summed E-state index contributed by atoms with van der Waals surface area (Å²) < 4.78 is 1.74. The fraction of sp³-hybridized carbons (Fsp3) is 0.143. The van der Waals surface area contributed by atoms with Gasteiger partial charge in [-0.1, -0.05) is 0 Å². The van der Waals surface area contributed by atoms with Crippen LogP contribution in [0.5, 0.6) is 0 Å². The summed E-state index contributed by atoms with van der Waals surface area (Å²) in [6.45, 7) is 0. The number of thiazole rings is 1. The Morgan fingerprint density at radius 1 is 1.50 bits per heavy atom. The van der Waals surface area contributed by atoms with Gasteiger partial charge in [-0.25, -0.2) is 4.98 Å². The van der Waals surface area contributed by atoms with Crippen molar-refractivity contribution < 1.29 is 0 Å². The van der Waals surface area contributed by atoms with Crippen molar-refractivity contribution in [1.29, 1.82) is 0 Å². The number of hydrogen-bond donors (Lipinski definition) is 1. The van der Waals surface area contributed by atoms with Gasteiger partial charge in [0.25, 0.3) is 0 Å². The summed E-state index contributed by atoms with van der Waals surface area (Å²) >= 11 is 1.56. The molecule has 2 rings (SSSR count). The summed E-state index contributed by atoms with van der Waals surface area (Å²) in [6, 6.07) is 1.90. The third-order valence-corrected chi connectivity index (χ3v) is 1.99. The number of anilines is 2. The average molecular weight is 180 g/mol. The van der Waals surface area contributed by atoms with E-state index in [0.717, 1.165) is 11.6 Å². The molecule has 0 saturated heterocycles. The highest BCUT2D eigenvalue weighted by molar-refractivity contribution is 7.07. The molecular formula is C7H8N4S. The third kappa shape index (κ3) is 1.45. The fourth-order valence-corrected chi connectivity index (χ4v) is 1.37. The molecule has 0 aliphatic carbocycles. The number of aryl methyl sites for hydroxylation is 1. The van der Waals surface area contributed by atoms with Gasteiger partial charge in [0.1, 0.15) is 5.82 Å². The quantitative estimate of drug-likeness (QED) is 0.763. The van der Waals surface area contributed by atoms with Crippen LogP contribution in [0.25, 0.3) is 0 Å². The lowest BCUT2D eigenvalue weighted by Gasteiger charge is -1.95. The summed E-state index contributed by atoms with van der Waals surface area (Å²) in [5.74, 6) is 1.67. The van der Waals surface area contributed by atoms with E-state index in [0.29, 0.717) is 0 Å². The molecule has 0 amide bonds. The summed E-state index contributed by atoms with van der Waals surface area (Å²) in [5.41, 5.74) is 1.78. The van der Waals surface area contributed by atoms with E-state index in [1.807, 2.05) is 24.7 Å². The van der Waals surface area contributed by atoms with Crippen LogP contribution in [-0.2, 0) is 7.05 Å². The van der Waals surface area contributed by atoms with Gasteiger partial charge in [0.15, 0.2) is 5.82 Å². The summed E-state index contributed by atoms with van der Waals surface area (Å²) in [5, 5.41) is 9.17. The predicted octanol–water partition coefficient (Wildman–Crippen LogP) is 1.62. The lowest BCUT2D eigenvalue weighted by Crippen LogP contribution is -1.93. The van der Waals surface area contributed by atoms with Crippen molar-refractivity contribution >= 4 is 23.0 Å². The molecule has 0 aliphatic heterocycles. The molecule has 0 saturated carbocycles. The van der Waals surface area contributed by atoms with Crippen molar-refractivity contribution in [3.63, 3.8) is 0 Å². The number of aromatic nitrogens is 3. The van der Waals surface area contributed by atoms with Gasteiger partial charge in [0.05, 0.1) is 5.51 Å². The number of nitrogens with zero attached hydrogens (tertiary/aromatic N) is 3. The van der Waals surface area contributed by atoms with Crippen molar-refractivity contribution in [3.05, 3.63) is 23.2 Å². The number of rotatable bonds is 2. The second-order valence-corrected chi connectivity index (χ2v) is 3.09. The van der Waals surface area contributed by atoms with Crippen LogP contribution in [0, 0.1) is 0 Å². The van der Waals surface area contributed by atoms with Crippen LogP contribution in [0.15, 0.2) is 23.2 Å². The van der Waals surface area contributed by atoms with Gasteiger partial charge in [-0.2, -0.15) is 5.10 Å². The number of nitrogens with one attached hydrogen (secondary N) is 1. The van der Waals surface area contributed by atoms with Crippen LogP contribution >= 0.6 is 11.3 Å². The lowest BCUT2D eigenvalue weighted by molar-refractivity contribution is 0.771. The van der Waals surface area contributed by atoms with Crippen molar-refractivity contribution in [3.8, 4) is 0 Å². The van der Waals surface area contributed by atoms with E-state index in [2.05, 4.69) is 15.4 Å². The normalized spacial score (nSPS) is 10.1. The molecule has 0 aromatic carbocycles. The predicted molar refractivity (Wildman–Crippen MR) is 48.6 cm³/mol. The molecule has 0 aliphatic rings. The first-order valence-corrected chi connectivity index (χ1v) is 4.44. The van der Waals surface area contributed by atoms with Crippen LogP contribution in [0.2, 0.25) is 0 Å². The van der Waals surface area contributed by atoms with Gasteiger partial charge in [-0.3, -0.25) is 4.68 Å². The second kappa shape index (κ2) is 2.94. The van der Waals surface area contributed by atoms with Crippen LogP contribution in [-0.4, -0.2) is 14.8 Å². The minimum Gasteiger partial charge on any atom is -0.323 e. The number of hydrogen-bond acceptors (Lipinski definition) is 4. The highest BCUT2D eigenvalue weighted by Crippen LogP contribution is 2.12. The SMILES string of the molecule is Cn1ccc(Nc2cscn2)n1. The van der Waals surface area contributed by atoms with Crippen LogP contribution < -0.4 is 5.32 Å². The van der Waals surface area contributed by atoms with Crippen molar-refractivity contribution in [1.82, 2.24) is 14.8 Å². The highest BCUT2D eigenvalue weighted by atomic mass is 32.1. The molecule has 5 heteroatoms. The molecule has 12 heavy (non-hydrogen) atoms. The average Bonchev–Trinajstić information content (AvgIpc) is 2.63. The molecule has 2 heterocycles. The Labute approximate surface area is 73.9 Å². The van der Waals surface area contributed by atoms with E-state index in [1.54, 1.807) is 21.5 Å². The van der Waals surface area contributed by atoms with Crippen LogP contribution in [0.3, 0.4) is 0 Å². The monoisotopic (exact) mass is 180 g/mol. The molecule has 0 radical (unpaired) electrons. The Hall–Kier alpha value is -1.36. The van der Waals surface area contributed by atoms with E-state index in [1.165, 1.54) is 0 Å². The summed E-state index contributed by atoms with van der Waals surface area (Å²) in [6.07, 6.45) is 1.88. The zero-order valence-electron chi connectivity index (χ0n) is 6.56. The molecule has 62 valence electrons. The van der Waals surface area contributed by atoms with E-state index >= 15 is 0 Å². The zero-order valence-corrected chi connectivity index (χ0v) is 7.38. The largest absolute Gasteiger partial charge is 0.323 e. The minimum absolute atomic E-state index is 0.823. The molecule has 0 spiro atoms. The van der Waals surface area contributed by atoms with Gasteiger partial charge < -0.3 is 5.32 Å². The van der Waals surface area contributed by atoms with Crippen LogP contribution in [0.1, 0.15) is 0 Å². The van der Waals surface area contributed by atoms with E-state index < -0.39 is 0 Å². The van der Waals surface area contributed by atoms with Gasteiger partial charge in [0, 0.05) is 24.7 Å². The molecule has 0 fully saturated rings. The molecule has 0 atom stereocenters. The third-order valence-electron chi connectivity index (χ3n) is 1.40. The first-order chi connectivity index (χ1) is 5.84. The maximum Gasteiger partial charge on any atom is 0.153 e. The summed E-state index contributed by atoms with van der Waals surface area (Å²) in [7, 11) is 1.88.